The van der Waals surface area contributed by atoms with Gasteiger partial charge in [0, 0.05) is 32.2 Å². The van der Waals surface area contributed by atoms with E-state index in [1.165, 1.54) is 12.8 Å². The minimum absolute atomic E-state index is 0. The van der Waals surface area contributed by atoms with E-state index >= 15 is 0 Å². The van der Waals surface area contributed by atoms with Gasteiger partial charge >= 0.3 is 0 Å². The van der Waals surface area contributed by atoms with Crippen LogP contribution in [0, 0.1) is 5.92 Å². The van der Waals surface area contributed by atoms with E-state index < -0.39 is 0 Å². The number of aliphatic imine (C=N–C) groups is 1. The summed E-state index contributed by atoms with van der Waals surface area (Å²) < 4.78 is 0. The van der Waals surface area contributed by atoms with Crippen molar-refractivity contribution in [2.45, 2.75) is 12.8 Å². The van der Waals surface area contributed by atoms with Gasteiger partial charge in [-0.15, -0.1) is 24.0 Å². The van der Waals surface area contributed by atoms with Gasteiger partial charge in [-0.2, -0.15) is 0 Å². The van der Waals surface area contributed by atoms with Crippen molar-refractivity contribution in [3.05, 3.63) is 35.9 Å². The highest BCUT2D eigenvalue weighted by Crippen LogP contribution is 2.27. The van der Waals surface area contributed by atoms with Gasteiger partial charge in [-0.25, -0.2) is 0 Å². The van der Waals surface area contributed by atoms with Crippen LogP contribution in [-0.2, 0) is 0 Å². The Bertz CT molecular complexity index is 460. The first-order valence-corrected chi connectivity index (χ1v) is 7.07. The molecule has 0 spiro atoms. The number of hydrogen-bond acceptors (Lipinski definition) is 2. The van der Waals surface area contributed by atoms with Crippen molar-refractivity contribution < 1.29 is 4.79 Å². The van der Waals surface area contributed by atoms with Crippen LogP contribution in [0.15, 0.2) is 35.3 Å². The minimum Gasteiger partial charge on any atom is -0.356 e. The SMILES string of the molecule is CN=C(NCCNC(=O)c1ccccc1)NCC1CC1.I. The smallest absolute Gasteiger partial charge is 0.251 e. The fourth-order valence-electron chi connectivity index (χ4n) is 1.83. The first-order valence-electron chi connectivity index (χ1n) is 7.07. The summed E-state index contributed by atoms with van der Waals surface area (Å²) in [7, 11) is 1.75. The Balaban J connectivity index is 0.00000220. The van der Waals surface area contributed by atoms with Crippen LogP contribution in [0.5, 0.6) is 0 Å². The second-order valence-corrected chi connectivity index (χ2v) is 4.95. The summed E-state index contributed by atoms with van der Waals surface area (Å²) in [5.74, 6) is 1.56. The summed E-state index contributed by atoms with van der Waals surface area (Å²) in [4.78, 5) is 15.9. The van der Waals surface area contributed by atoms with Gasteiger partial charge in [0.05, 0.1) is 0 Å². The average Bonchev–Trinajstić information content (AvgIpc) is 3.31. The lowest BCUT2D eigenvalue weighted by molar-refractivity contribution is 0.0954. The first-order chi connectivity index (χ1) is 9.79. The molecule has 5 nitrogen and oxygen atoms in total. The fraction of sp³-hybridized carbons (Fsp3) is 0.467. The van der Waals surface area contributed by atoms with E-state index in [9.17, 15) is 4.79 Å². The molecule has 0 aromatic heterocycles. The van der Waals surface area contributed by atoms with Gasteiger partial charge in [-0.05, 0) is 30.9 Å². The van der Waals surface area contributed by atoms with Crippen LogP contribution in [0.4, 0.5) is 0 Å². The summed E-state index contributed by atoms with van der Waals surface area (Å²) in [5.41, 5.74) is 0.684. The Morgan fingerprint density at radius 2 is 1.81 bits per heavy atom. The summed E-state index contributed by atoms with van der Waals surface area (Å²) in [6, 6.07) is 9.22. The van der Waals surface area contributed by atoms with Gasteiger partial charge in [-0.1, -0.05) is 18.2 Å². The molecular formula is C15H23IN4O. The van der Waals surface area contributed by atoms with Crippen LogP contribution in [0.1, 0.15) is 23.2 Å². The molecule has 21 heavy (non-hydrogen) atoms. The van der Waals surface area contributed by atoms with Crippen LogP contribution >= 0.6 is 24.0 Å². The van der Waals surface area contributed by atoms with Gasteiger partial charge in [-0.3, -0.25) is 9.79 Å². The lowest BCUT2D eigenvalue weighted by Crippen LogP contribution is -2.42. The Morgan fingerprint density at radius 1 is 1.14 bits per heavy atom. The van der Waals surface area contributed by atoms with E-state index in [1.807, 2.05) is 18.2 Å². The topological polar surface area (TPSA) is 65.5 Å². The summed E-state index contributed by atoms with van der Waals surface area (Å²) in [6.45, 7) is 2.21. The molecule has 3 N–H and O–H groups in total. The number of guanidine groups is 1. The largest absolute Gasteiger partial charge is 0.356 e. The van der Waals surface area contributed by atoms with E-state index in [2.05, 4.69) is 20.9 Å². The number of nitrogens with one attached hydrogen (secondary N) is 3. The third-order valence-corrected chi connectivity index (χ3v) is 3.22. The number of nitrogens with zero attached hydrogens (tertiary/aromatic N) is 1. The molecule has 2 rings (SSSR count). The number of rotatable bonds is 6. The molecule has 6 heteroatoms. The summed E-state index contributed by atoms with van der Waals surface area (Å²) in [6.07, 6.45) is 2.63. The zero-order chi connectivity index (χ0) is 14.2. The number of carbonyl (C=O) groups excluding carboxylic acids is 1. The average molecular weight is 402 g/mol. The first kappa shape index (κ1) is 17.7. The molecule has 116 valence electrons. The van der Waals surface area contributed by atoms with Crippen LogP contribution in [0.25, 0.3) is 0 Å². The van der Waals surface area contributed by atoms with Gasteiger partial charge in [0.1, 0.15) is 0 Å². The highest BCUT2D eigenvalue weighted by Gasteiger charge is 2.20. The highest BCUT2D eigenvalue weighted by atomic mass is 127. The highest BCUT2D eigenvalue weighted by molar-refractivity contribution is 14.0. The zero-order valence-electron chi connectivity index (χ0n) is 12.3. The van der Waals surface area contributed by atoms with Gasteiger partial charge in [0.15, 0.2) is 5.96 Å². The molecule has 1 saturated carbocycles. The van der Waals surface area contributed by atoms with Crippen LogP contribution in [-0.4, -0.2) is 38.5 Å². The molecule has 0 atom stereocenters. The molecule has 0 radical (unpaired) electrons. The van der Waals surface area contributed by atoms with Crippen molar-refractivity contribution in [2.24, 2.45) is 10.9 Å². The standard InChI is InChI=1S/C15H22N4O.HI/c1-16-15(19-11-12-7-8-12)18-10-9-17-14(20)13-5-3-2-4-6-13;/h2-6,12H,7-11H2,1H3,(H,17,20)(H2,16,18,19);1H. The maximum atomic E-state index is 11.8. The van der Waals surface area contributed by atoms with Crippen molar-refractivity contribution >= 4 is 35.8 Å². The molecule has 0 saturated heterocycles. The van der Waals surface area contributed by atoms with Crippen LogP contribution in [0.2, 0.25) is 0 Å². The van der Waals surface area contributed by atoms with Crippen LogP contribution < -0.4 is 16.0 Å². The molecule has 1 fully saturated rings. The normalized spacial score (nSPS) is 14.0. The Hall–Kier alpha value is -1.31. The molecule has 1 aromatic rings. The second kappa shape index (κ2) is 9.59. The zero-order valence-corrected chi connectivity index (χ0v) is 14.6. The number of halogens is 1. The van der Waals surface area contributed by atoms with Crippen LogP contribution in [0.3, 0.4) is 0 Å². The predicted octanol–water partition coefficient (Wildman–Crippen LogP) is 1.61. The third-order valence-electron chi connectivity index (χ3n) is 3.22. The van der Waals surface area contributed by atoms with E-state index in [4.69, 9.17) is 0 Å². The Morgan fingerprint density at radius 3 is 2.43 bits per heavy atom. The summed E-state index contributed by atoms with van der Waals surface area (Å²) >= 11 is 0. The van der Waals surface area contributed by atoms with Crippen molar-refractivity contribution in [1.82, 2.24) is 16.0 Å². The lowest BCUT2D eigenvalue weighted by Gasteiger charge is -2.12. The number of benzene rings is 1. The van der Waals surface area contributed by atoms with Crippen molar-refractivity contribution in [2.75, 3.05) is 26.7 Å². The molecule has 1 aliphatic carbocycles. The molecular weight excluding hydrogens is 379 g/mol. The Labute approximate surface area is 143 Å². The summed E-state index contributed by atoms with van der Waals surface area (Å²) in [5, 5.41) is 9.33. The van der Waals surface area contributed by atoms with Gasteiger partial charge in [0.2, 0.25) is 0 Å². The van der Waals surface area contributed by atoms with Gasteiger partial charge in [0.25, 0.3) is 5.91 Å². The maximum absolute atomic E-state index is 11.8. The molecule has 1 amide bonds. The minimum atomic E-state index is -0.0478. The van der Waals surface area contributed by atoms with Gasteiger partial charge < -0.3 is 16.0 Å². The molecule has 0 bridgehead atoms. The Kier molecular flexibility index (Phi) is 8.11. The van der Waals surface area contributed by atoms with E-state index in [1.54, 1.807) is 19.2 Å². The number of hydrogen-bond donors (Lipinski definition) is 3. The van der Waals surface area contributed by atoms with E-state index in [0.717, 1.165) is 18.4 Å². The fourth-order valence-corrected chi connectivity index (χ4v) is 1.83. The molecule has 0 aliphatic heterocycles. The maximum Gasteiger partial charge on any atom is 0.251 e. The molecule has 0 unspecified atom stereocenters. The van der Waals surface area contributed by atoms with Crippen molar-refractivity contribution in [3.8, 4) is 0 Å². The lowest BCUT2D eigenvalue weighted by atomic mass is 10.2. The van der Waals surface area contributed by atoms with Crippen molar-refractivity contribution in [1.29, 1.82) is 0 Å². The molecule has 1 aromatic carbocycles. The number of amides is 1. The van der Waals surface area contributed by atoms with E-state index in [-0.39, 0.29) is 29.9 Å². The second-order valence-electron chi connectivity index (χ2n) is 4.95. The van der Waals surface area contributed by atoms with E-state index in [0.29, 0.717) is 18.7 Å². The molecule has 0 heterocycles. The quantitative estimate of drug-likeness (QED) is 0.293. The molecule has 1 aliphatic rings. The third kappa shape index (κ3) is 6.79. The number of carbonyl (C=O) groups is 1. The van der Waals surface area contributed by atoms with Crippen molar-refractivity contribution in [3.63, 3.8) is 0 Å². The monoisotopic (exact) mass is 402 g/mol. The predicted molar refractivity (Wildman–Crippen MR) is 96.3 cm³/mol.